The van der Waals surface area contributed by atoms with E-state index in [-0.39, 0.29) is 0 Å². The van der Waals surface area contributed by atoms with Crippen molar-refractivity contribution in [2.24, 2.45) is 0 Å². The van der Waals surface area contributed by atoms with Crippen LogP contribution in [0, 0.1) is 0 Å². The second-order valence-electron chi connectivity index (χ2n) is 5.84. The largest absolute Gasteiger partial charge is 0.358 e. The summed E-state index contributed by atoms with van der Waals surface area (Å²) >= 11 is 0. The molecule has 5 nitrogen and oxygen atoms in total. The smallest absolute Gasteiger partial charge is 0.135 e. The van der Waals surface area contributed by atoms with Crippen LogP contribution in [0.15, 0.2) is 6.33 Å². The summed E-state index contributed by atoms with van der Waals surface area (Å²) in [5.74, 6) is 1.16. The number of piperazine rings is 1. The molecular weight excluding hydrogens is 250 g/mol. The minimum atomic E-state index is 1.05. The minimum Gasteiger partial charge on any atom is -0.358 e. The molecule has 1 aromatic rings. The van der Waals surface area contributed by atoms with Crippen molar-refractivity contribution in [3.63, 3.8) is 0 Å². The van der Waals surface area contributed by atoms with Gasteiger partial charge in [0.05, 0.1) is 0 Å². The van der Waals surface area contributed by atoms with E-state index in [4.69, 9.17) is 0 Å². The maximum absolute atomic E-state index is 4.54. The molecule has 20 heavy (non-hydrogen) atoms. The van der Waals surface area contributed by atoms with Gasteiger partial charge in [0.2, 0.25) is 0 Å². The predicted molar refractivity (Wildman–Crippen MR) is 81.3 cm³/mol. The Bertz CT molecular complexity index is 442. The summed E-state index contributed by atoms with van der Waals surface area (Å²) in [6.07, 6.45) is 6.55. The first-order valence-electron chi connectivity index (χ1n) is 7.81. The van der Waals surface area contributed by atoms with Crippen LogP contribution in [-0.2, 0) is 12.8 Å². The van der Waals surface area contributed by atoms with Gasteiger partial charge in [-0.1, -0.05) is 0 Å². The van der Waals surface area contributed by atoms with Gasteiger partial charge in [-0.25, -0.2) is 9.97 Å². The van der Waals surface area contributed by atoms with E-state index in [9.17, 15) is 0 Å². The third kappa shape index (κ3) is 3.10. The Morgan fingerprint density at radius 1 is 1.20 bits per heavy atom. The molecule has 2 aliphatic rings. The van der Waals surface area contributed by atoms with Gasteiger partial charge in [0.15, 0.2) is 0 Å². The monoisotopic (exact) mass is 275 g/mol. The van der Waals surface area contributed by atoms with Crippen molar-refractivity contribution in [1.82, 2.24) is 20.2 Å². The van der Waals surface area contributed by atoms with Gasteiger partial charge < -0.3 is 10.2 Å². The highest BCUT2D eigenvalue weighted by molar-refractivity contribution is 5.48. The van der Waals surface area contributed by atoms with E-state index in [1.54, 1.807) is 6.33 Å². The fourth-order valence-corrected chi connectivity index (χ4v) is 3.16. The standard InChI is InChI=1S/C15H25N5/c1-19(10-11-20-8-6-16-7-9-20)15-13-4-2-3-5-14(13)17-12-18-15/h12,16H,2-11H2,1H3. The molecule has 5 heteroatoms. The summed E-state index contributed by atoms with van der Waals surface area (Å²) in [7, 11) is 2.17. The maximum Gasteiger partial charge on any atom is 0.135 e. The highest BCUT2D eigenvalue weighted by Crippen LogP contribution is 2.26. The lowest BCUT2D eigenvalue weighted by Crippen LogP contribution is -2.46. The Balaban J connectivity index is 1.63. The van der Waals surface area contributed by atoms with Crippen molar-refractivity contribution in [1.29, 1.82) is 0 Å². The molecule has 2 heterocycles. The molecule has 110 valence electrons. The van der Waals surface area contributed by atoms with Gasteiger partial charge in [-0.3, -0.25) is 4.90 Å². The zero-order valence-corrected chi connectivity index (χ0v) is 12.4. The lowest BCUT2D eigenvalue weighted by molar-refractivity contribution is 0.246. The molecule has 1 saturated heterocycles. The SMILES string of the molecule is CN(CCN1CCNCC1)c1ncnc2c1CCCC2. The molecule has 0 radical (unpaired) electrons. The summed E-state index contributed by atoms with van der Waals surface area (Å²) in [6, 6.07) is 0. The van der Waals surface area contributed by atoms with Crippen molar-refractivity contribution >= 4 is 5.82 Å². The van der Waals surface area contributed by atoms with Crippen molar-refractivity contribution in [3.8, 4) is 0 Å². The number of rotatable bonds is 4. The average Bonchev–Trinajstić information content (AvgIpc) is 2.53. The van der Waals surface area contributed by atoms with E-state index in [1.807, 2.05) is 0 Å². The summed E-state index contributed by atoms with van der Waals surface area (Å²) in [5.41, 5.74) is 2.66. The van der Waals surface area contributed by atoms with Crippen LogP contribution in [0.5, 0.6) is 0 Å². The molecule has 1 aliphatic heterocycles. The van der Waals surface area contributed by atoms with Gasteiger partial charge in [0, 0.05) is 57.6 Å². The van der Waals surface area contributed by atoms with E-state index in [0.717, 1.165) is 57.9 Å². The highest BCUT2D eigenvalue weighted by atomic mass is 15.2. The van der Waals surface area contributed by atoms with E-state index >= 15 is 0 Å². The lowest BCUT2D eigenvalue weighted by Gasteiger charge is -2.30. The molecule has 1 N–H and O–H groups in total. The van der Waals surface area contributed by atoms with Crippen molar-refractivity contribution in [2.75, 3.05) is 51.2 Å². The van der Waals surface area contributed by atoms with Crippen molar-refractivity contribution in [3.05, 3.63) is 17.6 Å². The zero-order chi connectivity index (χ0) is 13.8. The third-order valence-corrected chi connectivity index (χ3v) is 4.43. The fraction of sp³-hybridized carbons (Fsp3) is 0.733. The quantitative estimate of drug-likeness (QED) is 0.876. The number of fused-ring (bicyclic) bond motifs is 1. The van der Waals surface area contributed by atoms with Gasteiger partial charge in [-0.2, -0.15) is 0 Å². The van der Waals surface area contributed by atoms with Crippen LogP contribution in [0.4, 0.5) is 5.82 Å². The number of hydrogen-bond acceptors (Lipinski definition) is 5. The van der Waals surface area contributed by atoms with Crippen molar-refractivity contribution < 1.29 is 0 Å². The molecule has 0 spiro atoms. The molecular formula is C15H25N5. The van der Waals surface area contributed by atoms with Gasteiger partial charge in [-0.05, 0) is 25.7 Å². The molecule has 1 aliphatic carbocycles. The number of nitrogens with one attached hydrogen (secondary N) is 1. The van der Waals surface area contributed by atoms with Crippen LogP contribution in [0.25, 0.3) is 0 Å². The summed E-state index contributed by atoms with van der Waals surface area (Å²) in [5, 5.41) is 3.40. The lowest BCUT2D eigenvalue weighted by atomic mass is 9.96. The number of likely N-dealkylation sites (N-methyl/N-ethyl adjacent to an activating group) is 1. The highest BCUT2D eigenvalue weighted by Gasteiger charge is 2.18. The summed E-state index contributed by atoms with van der Waals surface area (Å²) < 4.78 is 0. The third-order valence-electron chi connectivity index (χ3n) is 4.43. The number of anilines is 1. The van der Waals surface area contributed by atoms with Gasteiger partial charge in [0.25, 0.3) is 0 Å². The first kappa shape index (κ1) is 13.8. The Hall–Kier alpha value is -1.20. The predicted octanol–water partition coefficient (Wildman–Crippen LogP) is 0.697. The number of nitrogens with zero attached hydrogens (tertiary/aromatic N) is 4. The molecule has 3 rings (SSSR count). The Morgan fingerprint density at radius 3 is 2.85 bits per heavy atom. The van der Waals surface area contributed by atoms with Gasteiger partial charge in [0.1, 0.15) is 12.1 Å². The summed E-state index contributed by atoms with van der Waals surface area (Å²) in [6.45, 7) is 6.73. The van der Waals surface area contributed by atoms with E-state index in [2.05, 4.69) is 32.1 Å². The zero-order valence-electron chi connectivity index (χ0n) is 12.4. The van der Waals surface area contributed by atoms with Crippen LogP contribution in [-0.4, -0.2) is 61.2 Å². The maximum atomic E-state index is 4.54. The number of hydrogen-bond donors (Lipinski definition) is 1. The second-order valence-corrected chi connectivity index (χ2v) is 5.84. The number of aryl methyl sites for hydroxylation is 1. The molecule has 0 atom stereocenters. The second kappa shape index (κ2) is 6.50. The summed E-state index contributed by atoms with van der Waals surface area (Å²) in [4.78, 5) is 13.8. The van der Waals surface area contributed by atoms with E-state index in [0.29, 0.717) is 0 Å². The molecule has 0 aromatic carbocycles. The van der Waals surface area contributed by atoms with E-state index in [1.165, 1.54) is 24.1 Å². The molecule has 0 unspecified atom stereocenters. The Kier molecular flexibility index (Phi) is 4.47. The minimum absolute atomic E-state index is 1.05. The molecule has 0 bridgehead atoms. The van der Waals surface area contributed by atoms with Crippen LogP contribution in [0.1, 0.15) is 24.1 Å². The van der Waals surface area contributed by atoms with Gasteiger partial charge >= 0.3 is 0 Å². The first-order valence-corrected chi connectivity index (χ1v) is 7.81. The molecule has 0 saturated carbocycles. The van der Waals surface area contributed by atoms with Crippen LogP contribution in [0.3, 0.4) is 0 Å². The van der Waals surface area contributed by atoms with Gasteiger partial charge in [-0.15, -0.1) is 0 Å². The molecule has 1 aromatic heterocycles. The molecule has 1 fully saturated rings. The average molecular weight is 275 g/mol. The number of aromatic nitrogens is 2. The first-order chi connectivity index (χ1) is 9.84. The van der Waals surface area contributed by atoms with E-state index < -0.39 is 0 Å². The Labute approximate surface area is 121 Å². The van der Waals surface area contributed by atoms with Crippen LogP contribution < -0.4 is 10.2 Å². The van der Waals surface area contributed by atoms with Crippen LogP contribution in [0.2, 0.25) is 0 Å². The van der Waals surface area contributed by atoms with Crippen LogP contribution >= 0.6 is 0 Å². The Morgan fingerprint density at radius 2 is 2.00 bits per heavy atom. The normalized spacial score (nSPS) is 19.6. The fourth-order valence-electron chi connectivity index (χ4n) is 3.16. The molecule has 0 amide bonds. The topological polar surface area (TPSA) is 44.3 Å². The van der Waals surface area contributed by atoms with Crippen molar-refractivity contribution in [2.45, 2.75) is 25.7 Å².